The molecule has 5 aromatic rings. The molecule has 9 heteroatoms. The number of amides is 1. The Morgan fingerprint density at radius 2 is 1.56 bits per heavy atom. The van der Waals surface area contributed by atoms with Crippen LogP contribution in [0.15, 0.2) is 108 Å². The zero-order valence-corrected chi connectivity index (χ0v) is 23.9. The van der Waals surface area contributed by atoms with Crippen molar-refractivity contribution in [2.45, 2.75) is 37.6 Å². The fraction of sp³-hybridized carbons (Fsp3) is 0.156. The van der Waals surface area contributed by atoms with Gasteiger partial charge in [0.1, 0.15) is 5.69 Å². The molecule has 3 aromatic carbocycles. The molecular formula is C32H31N5O3S. The molecule has 0 radical (unpaired) electrons. The molecule has 0 aliphatic carbocycles. The number of hydrogen-bond donors (Lipinski definition) is 2. The summed E-state index contributed by atoms with van der Waals surface area (Å²) in [5, 5.41) is 12.9. The molecule has 0 bridgehead atoms. The molecule has 1 amide bonds. The van der Waals surface area contributed by atoms with Gasteiger partial charge in [-0.25, -0.2) is 18.2 Å². The number of rotatable bonds is 7. The number of nitrogens with two attached hydrogens (primary N) is 1. The molecule has 8 nitrogen and oxygen atoms in total. The lowest BCUT2D eigenvalue weighted by molar-refractivity contribution is 0.0951. The van der Waals surface area contributed by atoms with Crippen LogP contribution in [-0.2, 0) is 22.0 Å². The minimum Gasteiger partial charge on any atom is -0.348 e. The van der Waals surface area contributed by atoms with E-state index < -0.39 is 10.0 Å². The summed E-state index contributed by atoms with van der Waals surface area (Å²) < 4.78 is 24.8. The quantitative estimate of drug-likeness (QED) is 0.271. The zero-order chi connectivity index (χ0) is 29.2. The van der Waals surface area contributed by atoms with Crippen molar-refractivity contribution in [3.05, 3.63) is 120 Å². The van der Waals surface area contributed by atoms with E-state index in [1.165, 1.54) is 17.7 Å². The third kappa shape index (κ3) is 6.42. The van der Waals surface area contributed by atoms with Crippen LogP contribution in [-0.4, -0.2) is 29.1 Å². The zero-order valence-electron chi connectivity index (χ0n) is 23.1. The number of aromatic nitrogens is 3. The van der Waals surface area contributed by atoms with E-state index in [1.54, 1.807) is 30.5 Å². The molecule has 0 fully saturated rings. The number of nitrogens with zero attached hydrogens (tertiary/aromatic N) is 3. The molecule has 0 atom stereocenters. The fourth-order valence-corrected chi connectivity index (χ4v) is 4.91. The lowest BCUT2D eigenvalue weighted by atomic mass is 9.87. The maximum Gasteiger partial charge on any atom is 0.251 e. The van der Waals surface area contributed by atoms with Gasteiger partial charge in [0, 0.05) is 23.9 Å². The van der Waals surface area contributed by atoms with Crippen LogP contribution in [0.25, 0.3) is 28.3 Å². The van der Waals surface area contributed by atoms with E-state index in [0.717, 1.165) is 33.9 Å². The number of pyridine rings is 1. The molecule has 0 unspecified atom stereocenters. The smallest absolute Gasteiger partial charge is 0.251 e. The molecule has 3 N–H and O–H groups in total. The van der Waals surface area contributed by atoms with Crippen LogP contribution in [0.3, 0.4) is 0 Å². The third-order valence-electron chi connectivity index (χ3n) is 6.76. The highest BCUT2D eigenvalue weighted by molar-refractivity contribution is 7.89. The van der Waals surface area contributed by atoms with Crippen LogP contribution in [0.4, 0.5) is 0 Å². The Kier molecular flexibility index (Phi) is 7.57. The minimum atomic E-state index is -3.76. The van der Waals surface area contributed by atoms with Gasteiger partial charge in [0.15, 0.2) is 0 Å². The molecule has 41 heavy (non-hydrogen) atoms. The maximum atomic E-state index is 12.8. The normalized spacial score (nSPS) is 11.8. The lowest BCUT2D eigenvalue weighted by Crippen LogP contribution is -2.22. The Morgan fingerprint density at radius 1 is 0.878 bits per heavy atom. The van der Waals surface area contributed by atoms with E-state index in [0.29, 0.717) is 5.56 Å². The molecule has 2 aromatic heterocycles. The van der Waals surface area contributed by atoms with Crippen molar-refractivity contribution in [2.75, 3.05) is 0 Å². The van der Waals surface area contributed by atoms with Crippen molar-refractivity contribution < 1.29 is 13.2 Å². The second-order valence-corrected chi connectivity index (χ2v) is 12.3. The van der Waals surface area contributed by atoms with Crippen molar-refractivity contribution in [3.8, 4) is 28.3 Å². The van der Waals surface area contributed by atoms with E-state index in [1.807, 2.05) is 41.1 Å². The van der Waals surface area contributed by atoms with Crippen molar-refractivity contribution >= 4 is 15.9 Å². The SMILES string of the molecule is CC(C)(C)c1ccc(-n2nc(-c3ccccn3)cc2-c2ccc(C(=O)NCc3ccc(S(N)(=O)=O)cc3)cc2)cc1. The first-order valence-electron chi connectivity index (χ1n) is 13.1. The molecule has 208 valence electrons. The number of hydrogen-bond acceptors (Lipinski definition) is 5. The maximum absolute atomic E-state index is 12.8. The molecular weight excluding hydrogens is 534 g/mol. The van der Waals surface area contributed by atoms with Gasteiger partial charge in [0.05, 0.1) is 22.0 Å². The van der Waals surface area contributed by atoms with Crippen LogP contribution in [0.2, 0.25) is 0 Å². The fourth-order valence-electron chi connectivity index (χ4n) is 4.40. The Labute approximate surface area is 239 Å². The van der Waals surface area contributed by atoms with Gasteiger partial charge >= 0.3 is 0 Å². The molecule has 0 saturated carbocycles. The Bertz CT molecular complexity index is 1770. The summed E-state index contributed by atoms with van der Waals surface area (Å²) in [5.74, 6) is -0.243. The van der Waals surface area contributed by atoms with E-state index in [4.69, 9.17) is 10.2 Å². The lowest BCUT2D eigenvalue weighted by Gasteiger charge is -2.19. The highest BCUT2D eigenvalue weighted by Gasteiger charge is 2.17. The molecule has 0 aliphatic heterocycles. The van der Waals surface area contributed by atoms with Gasteiger partial charge in [-0.3, -0.25) is 9.78 Å². The predicted octanol–water partition coefficient (Wildman–Crippen LogP) is 5.48. The first-order chi connectivity index (χ1) is 19.5. The van der Waals surface area contributed by atoms with Crippen LogP contribution in [0.1, 0.15) is 42.3 Å². The largest absolute Gasteiger partial charge is 0.348 e. The average molecular weight is 566 g/mol. The van der Waals surface area contributed by atoms with E-state index in [9.17, 15) is 13.2 Å². The molecule has 0 saturated heterocycles. The summed E-state index contributed by atoms with van der Waals surface area (Å²) >= 11 is 0. The Hall–Kier alpha value is -4.60. The van der Waals surface area contributed by atoms with Crippen LogP contribution < -0.4 is 10.5 Å². The van der Waals surface area contributed by atoms with Gasteiger partial charge in [0.25, 0.3) is 5.91 Å². The summed E-state index contributed by atoms with van der Waals surface area (Å²) in [6.07, 6.45) is 1.74. The van der Waals surface area contributed by atoms with E-state index >= 15 is 0 Å². The van der Waals surface area contributed by atoms with Crippen LogP contribution in [0.5, 0.6) is 0 Å². The highest BCUT2D eigenvalue weighted by Crippen LogP contribution is 2.30. The van der Waals surface area contributed by atoms with Crippen molar-refractivity contribution in [3.63, 3.8) is 0 Å². The van der Waals surface area contributed by atoms with Gasteiger partial charge in [-0.05, 0) is 71.1 Å². The summed E-state index contributed by atoms with van der Waals surface area (Å²) in [6, 6.07) is 29.5. The van der Waals surface area contributed by atoms with E-state index in [-0.39, 0.29) is 22.8 Å². The van der Waals surface area contributed by atoms with Gasteiger partial charge in [-0.1, -0.05) is 63.2 Å². The van der Waals surface area contributed by atoms with Crippen molar-refractivity contribution in [1.29, 1.82) is 0 Å². The topological polar surface area (TPSA) is 120 Å². The molecule has 2 heterocycles. The number of carbonyl (C=O) groups is 1. The number of sulfonamides is 1. The highest BCUT2D eigenvalue weighted by atomic mass is 32.2. The molecule has 0 aliphatic rings. The first kappa shape index (κ1) is 27.9. The molecule has 0 spiro atoms. The van der Waals surface area contributed by atoms with Gasteiger partial charge in [-0.15, -0.1) is 0 Å². The summed E-state index contributed by atoms with van der Waals surface area (Å²) in [5.41, 5.74) is 6.73. The summed E-state index contributed by atoms with van der Waals surface area (Å²) in [7, 11) is -3.76. The number of nitrogens with one attached hydrogen (secondary N) is 1. The van der Waals surface area contributed by atoms with Crippen molar-refractivity contribution in [1.82, 2.24) is 20.1 Å². The molecule has 5 rings (SSSR count). The standard InChI is InChI=1S/C32H31N5O3S/c1-32(2,3)25-13-15-26(16-14-25)37-30(20-29(36-37)28-6-4-5-19-34-28)23-9-11-24(12-10-23)31(38)35-21-22-7-17-27(18-8-22)41(33,39)40/h4-20H,21H2,1-3H3,(H,35,38)(H2,33,39,40). The Balaban J connectivity index is 1.39. The Morgan fingerprint density at radius 3 is 2.15 bits per heavy atom. The summed E-state index contributed by atoms with van der Waals surface area (Å²) in [6.45, 7) is 6.79. The third-order valence-corrected chi connectivity index (χ3v) is 7.69. The summed E-state index contributed by atoms with van der Waals surface area (Å²) in [4.78, 5) is 17.3. The van der Waals surface area contributed by atoms with Crippen LogP contribution in [0, 0.1) is 0 Å². The van der Waals surface area contributed by atoms with Gasteiger partial charge < -0.3 is 5.32 Å². The monoisotopic (exact) mass is 565 g/mol. The van der Waals surface area contributed by atoms with Crippen molar-refractivity contribution in [2.24, 2.45) is 5.14 Å². The second-order valence-electron chi connectivity index (χ2n) is 10.8. The number of carbonyl (C=O) groups excluding carboxylic acids is 1. The number of primary sulfonamides is 1. The first-order valence-corrected chi connectivity index (χ1v) is 14.7. The second kappa shape index (κ2) is 11.1. The minimum absolute atomic E-state index is 0.0266. The predicted molar refractivity (Wildman–Crippen MR) is 160 cm³/mol. The van der Waals surface area contributed by atoms with E-state index in [2.05, 4.69) is 55.3 Å². The van der Waals surface area contributed by atoms with Gasteiger partial charge in [0.2, 0.25) is 10.0 Å². The average Bonchev–Trinajstić information content (AvgIpc) is 3.41. The van der Waals surface area contributed by atoms with Crippen LogP contribution >= 0.6 is 0 Å². The number of benzene rings is 3. The van der Waals surface area contributed by atoms with Gasteiger partial charge in [-0.2, -0.15) is 5.10 Å².